The summed E-state index contributed by atoms with van der Waals surface area (Å²) in [6.07, 6.45) is 0.405. The Kier molecular flexibility index (Phi) is 7.12. The van der Waals surface area contributed by atoms with Gasteiger partial charge in [-0.3, -0.25) is 4.72 Å². The summed E-state index contributed by atoms with van der Waals surface area (Å²) in [5.41, 5.74) is 1.42. The minimum atomic E-state index is -3.41. The highest BCUT2D eigenvalue weighted by molar-refractivity contribution is 7.92. The standard InChI is InChI=1S/C13H20ClNO4S/c1-11-4-5-12(13(10-11)19-8-7-18-2)15-20(16,17)9-3-6-14/h4-5,10,15H,3,6-9H2,1-2H3. The van der Waals surface area contributed by atoms with Gasteiger partial charge in [0.1, 0.15) is 12.4 Å². The molecule has 1 rings (SSSR count). The first-order valence-corrected chi connectivity index (χ1v) is 8.46. The maximum Gasteiger partial charge on any atom is 0.232 e. The Balaban J connectivity index is 2.82. The van der Waals surface area contributed by atoms with E-state index >= 15 is 0 Å². The molecule has 0 radical (unpaired) electrons. The van der Waals surface area contributed by atoms with Crippen LogP contribution in [0.1, 0.15) is 12.0 Å². The van der Waals surface area contributed by atoms with Gasteiger partial charge in [-0.15, -0.1) is 11.6 Å². The lowest BCUT2D eigenvalue weighted by Gasteiger charge is -2.14. The number of methoxy groups -OCH3 is 1. The van der Waals surface area contributed by atoms with Crippen LogP contribution in [0.3, 0.4) is 0 Å². The third kappa shape index (κ3) is 5.98. The third-order valence-corrected chi connectivity index (χ3v) is 4.12. The monoisotopic (exact) mass is 321 g/mol. The van der Waals surface area contributed by atoms with Crippen LogP contribution in [0.5, 0.6) is 5.75 Å². The molecule has 1 N–H and O–H groups in total. The number of halogens is 1. The van der Waals surface area contributed by atoms with Crippen LogP contribution in [-0.2, 0) is 14.8 Å². The molecule has 1 aromatic rings. The highest BCUT2D eigenvalue weighted by Crippen LogP contribution is 2.26. The first kappa shape index (κ1) is 17.1. The molecule has 0 spiro atoms. The van der Waals surface area contributed by atoms with Gasteiger partial charge < -0.3 is 9.47 Å². The maximum absolute atomic E-state index is 11.9. The molecule has 0 saturated heterocycles. The van der Waals surface area contributed by atoms with E-state index in [1.807, 2.05) is 13.0 Å². The van der Waals surface area contributed by atoms with E-state index in [4.69, 9.17) is 21.1 Å². The van der Waals surface area contributed by atoms with Crippen LogP contribution < -0.4 is 9.46 Å². The summed E-state index contributed by atoms with van der Waals surface area (Å²) in [7, 11) is -1.83. The normalized spacial score (nSPS) is 11.3. The second-order valence-electron chi connectivity index (χ2n) is 4.30. The number of hydrogen-bond donors (Lipinski definition) is 1. The number of ether oxygens (including phenoxy) is 2. The fraction of sp³-hybridized carbons (Fsp3) is 0.538. The summed E-state index contributed by atoms with van der Waals surface area (Å²) in [5.74, 6) is 0.796. The van der Waals surface area contributed by atoms with E-state index < -0.39 is 10.0 Å². The molecule has 0 atom stereocenters. The average molecular weight is 322 g/mol. The van der Waals surface area contributed by atoms with Gasteiger partial charge in [-0.2, -0.15) is 0 Å². The molecule has 7 heteroatoms. The molecule has 0 fully saturated rings. The smallest absolute Gasteiger partial charge is 0.232 e. The number of anilines is 1. The van der Waals surface area contributed by atoms with Gasteiger partial charge in [0.05, 0.1) is 18.0 Å². The second-order valence-corrected chi connectivity index (χ2v) is 6.52. The Hall–Kier alpha value is -0.980. The van der Waals surface area contributed by atoms with Crippen molar-refractivity contribution in [3.05, 3.63) is 23.8 Å². The lowest BCUT2D eigenvalue weighted by atomic mass is 10.2. The molecule has 114 valence electrons. The quantitative estimate of drug-likeness (QED) is 0.560. The van der Waals surface area contributed by atoms with Crippen molar-refractivity contribution in [1.82, 2.24) is 0 Å². The fourth-order valence-corrected chi connectivity index (χ4v) is 2.95. The molecular weight excluding hydrogens is 302 g/mol. The number of benzene rings is 1. The predicted octanol–water partition coefficient (Wildman–Crippen LogP) is 2.39. The summed E-state index contributed by atoms with van der Waals surface area (Å²) in [5, 5.41) is 0. The summed E-state index contributed by atoms with van der Waals surface area (Å²) >= 11 is 5.52. The molecule has 0 heterocycles. The van der Waals surface area contributed by atoms with Crippen molar-refractivity contribution in [2.24, 2.45) is 0 Å². The largest absolute Gasteiger partial charge is 0.489 e. The number of nitrogens with one attached hydrogen (secondary N) is 1. The van der Waals surface area contributed by atoms with Gasteiger partial charge in [-0.25, -0.2) is 8.42 Å². The summed E-state index contributed by atoms with van der Waals surface area (Å²) < 4.78 is 36.7. The number of hydrogen-bond acceptors (Lipinski definition) is 4. The Morgan fingerprint density at radius 2 is 2.05 bits per heavy atom. The molecule has 0 aliphatic heterocycles. The van der Waals surface area contributed by atoms with Gasteiger partial charge in [0.15, 0.2) is 0 Å². The first-order valence-electron chi connectivity index (χ1n) is 6.27. The van der Waals surface area contributed by atoms with E-state index in [1.54, 1.807) is 19.2 Å². The van der Waals surface area contributed by atoms with Crippen molar-refractivity contribution in [2.45, 2.75) is 13.3 Å². The van der Waals surface area contributed by atoms with Gasteiger partial charge in [-0.05, 0) is 31.0 Å². The third-order valence-electron chi connectivity index (χ3n) is 2.49. The van der Waals surface area contributed by atoms with Crippen LogP contribution in [0.25, 0.3) is 0 Å². The lowest BCUT2D eigenvalue weighted by molar-refractivity contribution is 0.146. The van der Waals surface area contributed by atoms with Crippen LogP contribution in [-0.4, -0.2) is 40.4 Å². The predicted molar refractivity (Wildman–Crippen MR) is 81.3 cm³/mol. The minimum absolute atomic E-state index is 0.0120. The second kappa shape index (κ2) is 8.34. The lowest BCUT2D eigenvalue weighted by Crippen LogP contribution is -2.18. The van der Waals surface area contributed by atoms with Crippen molar-refractivity contribution < 1.29 is 17.9 Å². The summed E-state index contributed by atoms with van der Waals surface area (Å²) in [6.45, 7) is 2.71. The molecule has 0 saturated carbocycles. The molecule has 0 bridgehead atoms. The summed E-state index contributed by atoms with van der Waals surface area (Å²) in [6, 6.07) is 5.30. The van der Waals surface area contributed by atoms with E-state index in [0.717, 1.165) is 5.56 Å². The SMILES string of the molecule is COCCOc1cc(C)ccc1NS(=O)(=O)CCCCl. The van der Waals surface area contributed by atoms with E-state index in [2.05, 4.69) is 4.72 Å². The van der Waals surface area contributed by atoms with Gasteiger partial charge in [0.2, 0.25) is 10.0 Å². The highest BCUT2D eigenvalue weighted by atomic mass is 35.5. The van der Waals surface area contributed by atoms with Crippen LogP contribution in [0.2, 0.25) is 0 Å². The van der Waals surface area contributed by atoms with Gasteiger partial charge >= 0.3 is 0 Å². The van der Waals surface area contributed by atoms with Crippen molar-refractivity contribution >= 4 is 27.3 Å². The van der Waals surface area contributed by atoms with Crippen molar-refractivity contribution in [1.29, 1.82) is 0 Å². The van der Waals surface area contributed by atoms with Crippen LogP contribution in [0.4, 0.5) is 5.69 Å². The molecular formula is C13H20ClNO4S. The van der Waals surface area contributed by atoms with E-state index in [-0.39, 0.29) is 5.75 Å². The molecule has 1 aromatic carbocycles. The zero-order valence-corrected chi connectivity index (χ0v) is 13.3. The molecule has 0 aliphatic carbocycles. The van der Waals surface area contributed by atoms with Gasteiger partial charge in [0, 0.05) is 13.0 Å². The van der Waals surface area contributed by atoms with Crippen molar-refractivity contribution in [3.8, 4) is 5.75 Å². The molecule has 0 aromatic heterocycles. The van der Waals surface area contributed by atoms with Crippen molar-refractivity contribution in [3.63, 3.8) is 0 Å². The maximum atomic E-state index is 11.9. The Labute approximate surface area is 125 Å². The van der Waals surface area contributed by atoms with Crippen LogP contribution in [0, 0.1) is 6.92 Å². The number of alkyl halides is 1. The Morgan fingerprint density at radius 1 is 1.30 bits per heavy atom. The van der Waals surface area contributed by atoms with E-state index in [0.29, 0.717) is 37.0 Å². The zero-order chi connectivity index (χ0) is 15.0. The molecule has 20 heavy (non-hydrogen) atoms. The van der Waals surface area contributed by atoms with Crippen LogP contribution >= 0.6 is 11.6 Å². The topological polar surface area (TPSA) is 64.6 Å². The number of sulfonamides is 1. The molecule has 0 aliphatic rings. The minimum Gasteiger partial charge on any atom is -0.489 e. The first-order chi connectivity index (χ1) is 9.48. The Bertz CT molecular complexity index is 519. The van der Waals surface area contributed by atoms with Crippen molar-refractivity contribution in [2.75, 3.05) is 36.7 Å². The average Bonchev–Trinajstić information content (AvgIpc) is 2.40. The van der Waals surface area contributed by atoms with E-state index in [9.17, 15) is 8.42 Å². The van der Waals surface area contributed by atoms with E-state index in [1.165, 1.54) is 0 Å². The molecule has 0 amide bonds. The summed E-state index contributed by atoms with van der Waals surface area (Å²) in [4.78, 5) is 0. The number of rotatable bonds is 9. The highest BCUT2D eigenvalue weighted by Gasteiger charge is 2.13. The Morgan fingerprint density at radius 3 is 2.70 bits per heavy atom. The number of aryl methyl sites for hydroxylation is 1. The fourth-order valence-electron chi connectivity index (χ4n) is 1.53. The van der Waals surface area contributed by atoms with Crippen LogP contribution in [0.15, 0.2) is 18.2 Å². The molecule has 0 unspecified atom stereocenters. The van der Waals surface area contributed by atoms with Gasteiger partial charge in [0.25, 0.3) is 0 Å². The zero-order valence-electron chi connectivity index (χ0n) is 11.7. The molecule has 5 nitrogen and oxygen atoms in total. The van der Waals surface area contributed by atoms with Gasteiger partial charge in [-0.1, -0.05) is 6.07 Å².